The number of halogens is 1. The molecule has 2 heterocycles. The highest BCUT2D eigenvalue weighted by Gasteiger charge is 2.35. The Balaban J connectivity index is 1.40. The van der Waals surface area contributed by atoms with Crippen molar-refractivity contribution >= 4 is 53.0 Å². The van der Waals surface area contributed by atoms with Crippen molar-refractivity contribution in [2.24, 2.45) is 0 Å². The first-order valence-corrected chi connectivity index (χ1v) is 10.8. The van der Waals surface area contributed by atoms with Crippen LogP contribution in [-0.4, -0.2) is 29.3 Å². The Morgan fingerprint density at radius 3 is 2.69 bits per heavy atom. The highest BCUT2D eigenvalue weighted by Crippen LogP contribution is 2.30. The van der Waals surface area contributed by atoms with E-state index >= 15 is 0 Å². The molecule has 1 aliphatic rings. The second kappa shape index (κ2) is 9.33. The van der Waals surface area contributed by atoms with Crippen molar-refractivity contribution in [3.05, 3.63) is 82.7 Å². The van der Waals surface area contributed by atoms with Gasteiger partial charge in [0.25, 0.3) is 5.91 Å². The van der Waals surface area contributed by atoms with Crippen LogP contribution >= 0.6 is 23.4 Å². The van der Waals surface area contributed by atoms with Crippen LogP contribution in [0.15, 0.2) is 80.8 Å². The molecule has 1 fully saturated rings. The molecule has 32 heavy (non-hydrogen) atoms. The van der Waals surface area contributed by atoms with E-state index in [1.54, 1.807) is 36.4 Å². The average molecular weight is 468 g/mol. The first-order chi connectivity index (χ1) is 15.4. The Morgan fingerprint density at radius 1 is 1.16 bits per heavy atom. The standard InChI is InChI=1S/C23H18ClN3O4S/c1-14-3-2-4-16(11-14)25-20(28)13-27-22(29)19(26-23(27)30)12-17-7-10-21(31-17)32-18-8-5-15(24)6-9-18/h2-12H,13H2,1H3,(H,25,28)(H,26,30)/b19-12+. The number of nitrogens with one attached hydrogen (secondary N) is 2. The Morgan fingerprint density at radius 2 is 1.94 bits per heavy atom. The number of rotatable bonds is 6. The zero-order valence-corrected chi connectivity index (χ0v) is 18.5. The molecule has 2 aromatic carbocycles. The molecule has 0 atom stereocenters. The fraction of sp³-hybridized carbons (Fsp3) is 0.0870. The number of furan rings is 1. The van der Waals surface area contributed by atoms with E-state index in [1.807, 2.05) is 31.2 Å². The number of hydrogen-bond acceptors (Lipinski definition) is 5. The molecule has 2 N–H and O–H groups in total. The lowest BCUT2D eigenvalue weighted by molar-refractivity contribution is -0.127. The molecule has 4 amide bonds. The molecule has 0 spiro atoms. The lowest BCUT2D eigenvalue weighted by Gasteiger charge is -2.12. The Labute approximate surface area is 193 Å². The molecule has 0 saturated carbocycles. The van der Waals surface area contributed by atoms with E-state index in [0.29, 0.717) is 21.6 Å². The molecule has 162 valence electrons. The lowest BCUT2D eigenvalue weighted by atomic mass is 10.2. The van der Waals surface area contributed by atoms with Crippen LogP contribution in [0.2, 0.25) is 5.02 Å². The van der Waals surface area contributed by atoms with Gasteiger partial charge in [0.2, 0.25) is 5.91 Å². The van der Waals surface area contributed by atoms with Gasteiger partial charge in [0.05, 0.1) is 0 Å². The van der Waals surface area contributed by atoms with E-state index in [1.165, 1.54) is 17.8 Å². The Hall–Kier alpha value is -3.49. The minimum absolute atomic E-state index is 0.0377. The van der Waals surface area contributed by atoms with E-state index in [0.717, 1.165) is 15.4 Å². The predicted octanol–water partition coefficient (Wildman–Crippen LogP) is 4.92. The molecule has 3 aromatic rings. The number of nitrogens with zero attached hydrogens (tertiary/aromatic N) is 1. The maximum atomic E-state index is 12.6. The summed E-state index contributed by atoms with van der Waals surface area (Å²) < 4.78 is 5.72. The van der Waals surface area contributed by atoms with Crippen LogP contribution in [0.25, 0.3) is 6.08 Å². The third kappa shape index (κ3) is 5.22. The normalized spacial score (nSPS) is 14.7. The molecule has 4 rings (SSSR count). The van der Waals surface area contributed by atoms with Crippen LogP contribution in [0, 0.1) is 6.92 Å². The molecular formula is C23H18ClN3O4S. The summed E-state index contributed by atoms with van der Waals surface area (Å²) in [6, 6.07) is 17.3. The maximum Gasteiger partial charge on any atom is 0.329 e. The summed E-state index contributed by atoms with van der Waals surface area (Å²) in [5, 5.41) is 6.43. The van der Waals surface area contributed by atoms with Crippen LogP contribution < -0.4 is 10.6 Å². The van der Waals surface area contributed by atoms with Crippen LogP contribution in [0.3, 0.4) is 0 Å². The molecule has 1 aliphatic heterocycles. The number of anilines is 1. The van der Waals surface area contributed by atoms with E-state index < -0.39 is 24.4 Å². The number of hydrogen-bond donors (Lipinski definition) is 2. The first kappa shape index (κ1) is 21.7. The van der Waals surface area contributed by atoms with Crippen molar-refractivity contribution in [3.63, 3.8) is 0 Å². The van der Waals surface area contributed by atoms with Gasteiger partial charge in [-0.25, -0.2) is 9.69 Å². The molecule has 0 radical (unpaired) electrons. The molecule has 0 unspecified atom stereocenters. The highest BCUT2D eigenvalue weighted by atomic mass is 35.5. The van der Waals surface area contributed by atoms with Crippen molar-refractivity contribution in [2.75, 3.05) is 11.9 Å². The van der Waals surface area contributed by atoms with Crippen LogP contribution in [0.1, 0.15) is 11.3 Å². The highest BCUT2D eigenvalue weighted by molar-refractivity contribution is 7.99. The van der Waals surface area contributed by atoms with Crippen LogP contribution in [0.4, 0.5) is 10.5 Å². The molecule has 9 heteroatoms. The van der Waals surface area contributed by atoms with Crippen LogP contribution in [0.5, 0.6) is 0 Å². The van der Waals surface area contributed by atoms with Crippen molar-refractivity contribution in [1.29, 1.82) is 0 Å². The minimum Gasteiger partial charge on any atom is -0.450 e. The third-order valence-electron chi connectivity index (χ3n) is 4.49. The summed E-state index contributed by atoms with van der Waals surface area (Å²) >= 11 is 7.29. The van der Waals surface area contributed by atoms with Gasteiger partial charge in [-0.1, -0.05) is 35.5 Å². The smallest absolute Gasteiger partial charge is 0.329 e. The quantitative estimate of drug-likeness (QED) is 0.396. The summed E-state index contributed by atoms with van der Waals surface area (Å²) in [5.74, 6) is -0.672. The number of amides is 4. The second-order valence-corrected chi connectivity index (χ2v) is 8.52. The topological polar surface area (TPSA) is 91.7 Å². The average Bonchev–Trinajstić information content (AvgIpc) is 3.29. The van der Waals surface area contributed by atoms with Gasteiger partial charge in [0, 0.05) is 21.7 Å². The molecular weight excluding hydrogens is 450 g/mol. The molecule has 0 aliphatic carbocycles. The summed E-state index contributed by atoms with van der Waals surface area (Å²) in [6.07, 6.45) is 1.44. The van der Waals surface area contributed by atoms with Crippen molar-refractivity contribution in [1.82, 2.24) is 10.2 Å². The zero-order valence-electron chi connectivity index (χ0n) is 16.9. The van der Waals surface area contributed by atoms with Gasteiger partial charge in [-0.3, -0.25) is 9.59 Å². The van der Waals surface area contributed by atoms with Crippen LogP contribution in [-0.2, 0) is 9.59 Å². The monoisotopic (exact) mass is 467 g/mol. The largest absolute Gasteiger partial charge is 0.450 e. The number of carbonyl (C=O) groups is 3. The Kier molecular flexibility index (Phi) is 6.34. The summed E-state index contributed by atoms with van der Waals surface area (Å²) in [5.41, 5.74) is 1.62. The van der Waals surface area contributed by atoms with Gasteiger partial charge in [0.1, 0.15) is 18.0 Å². The lowest BCUT2D eigenvalue weighted by Crippen LogP contribution is -2.38. The predicted molar refractivity (Wildman–Crippen MR) is 122 cm³/mol. The number of urea groups is 1. The van der Waals surface area contributed by atoms with Gasteiger partial charge >= 0.3 is 6.03 Å². The molecule has 0 bridgehead atoms. The number of imide groups is 1. The van der Waals surface area contributed by atoms with Gasteiger partial charge in [-0.2, -0.15) is 0 Å². The summed E-state index contributed by atoms with van der Waals surface area (Å²) in [6.45, 7) is 1.50. The third-order valence-corrected chi connectivity index (χ3v) is 5.67. The SMILES string of the molecule is Cc1cccc(NC(=O)CN2C(=O)N/C(=C/c3ccc(Sc4ccc(Cl)cc4)o3)C2=O)c1. The maximum absolute atomic E-state index is 12.6. The number of benzene rings is 2. The fourth-order valence-electron chi connectivity index (χ4n) is 3.01. The van der Waals surface area contributed by atoms with Gasteiger partial charge in [-0.05, 0) is 61.0 Å². The zero-order chi connectivity index (χ0) is 22.7. The van der Waals surface area contributed by atoms with Gasteiger partial charge < -0.3 is 15.1 Å². The van der Waals surface area contributed by atoms with E-state index in [-0.39, 0.29) is 5.70 Å². The fourth-order valence-corrected chi connectivity index (χ4v) is 3.91. The number of carbonyl (C=O) groups excluding carboxylic acids is 3. The molecule has 1 aromatic heterocycles. The minimum atomic E-state index is -0.664. The van der Waals surface area contributed by atoms with Gasteiger partial charge in [-0.15, -0.1) is 0 Å². The van der Waals surface area contributed by atoms with Crippen molar-refractivity contribution in [2.45, 2.75) is 16.9 Å². The van der Waals surface area contributed by atoms with E-state index in [2.05, 4.69) is 10.6 Å². The van der Waals surface area contributed by atoms with Crippen molar-refractivity contribution in [3.8, 4) is 0 Å². The number of aryl methyl sites for hydroxylation is 1. The Bertz CT molecular complexity index is 1220. The van der Waals surface area contributed by atoms with E-state index in [9.17, 15) is 14.4 Å². The van der Waals surface area contributed by atoms with Crippen molar-refractivity contribution < 1.29 is 18.8 Å². The molecule has 7 nitrogen and oxygen atoms in total. The summed E-state index contributed by atoms with van der Waals surface area (Å²) in [4.78, 5) is 38.9. The molecule has 1 saturated heterocycles. The second-order valence-electron chi connectivity index (χ2n) is 7.01. The summed E-state index contributed by atoms with van der Waals surface area (Å²) in [7, 11) is 0. The van der Waals surface area contributed by atoms with Gasteiger partial charge in [0.15, 0.2) is 5.09 Å². The first-order valence-electron chi connectivity index (χ1n) is 9.62. The van der Waals surface area contributed by atoms with E-state index in [4.69, 9.17) is 16.0 Å².